The van der Waals surface area contributed by atoms with Gasteiger partial charge in [-0.3, -0.25) is 0 Å². The van der Waals surface area contributed by atoms with E-state index in [9.17, 15) is 0 Å². The average molecular weight is 225 g/mol. The van der Waals surface area contributed by atoms with E-state index >= 15 is 0 Å². The van der Waals surface area contributed by atoms with Crippen molar-refractivity contribution in [1.82, 2.24) is 4.98 Å². The van der Waals surface area contributed by atoms with Gasteiger partial charge in [-0.05, 0) is 16.8 Å². The number of oxazole rings is 1. The number of rotatable bonds is 2. The summed E-state index contributed by atoms with van der Waals surface area (Å²) in [4.78, 5) is 4.22. The van der Waals surface area contributed by atoms with Crippen LogP contribution in [0.3, 0.4) is 0 Å². The van der Waals surface area contributed by atoms with Gasteiger partial charge < -0.3 is 9.15 Å². The van der Waals surface area contributed by atoms with Crippen molar-refractivity contribution in [2.75, 3.05) is 7.11 Å². The number of nitrogens with zero attached hydrogens (tertiary/aromatic N) is 1. The van der Waals surface area contributed by atoms with Gasteiger partial charge in [-0.1, -0.05) is 36.4 Å². The topological polar surface area (TPSA) is 35.3 Å². The van der Waals surface area contributed by atoms with Gasteiger partial charge in [0.25, 0.3) is 0 Å². The van der Waals surface area contributed by atoms with Crippen molar-refractivity contribution in [3.63, 3.8) is 0 Å². The molecule has 0 aliphatic rings. The van der Waals surface area contributed by atoms with Crippen LogP contribution in [0.25, 0.3) is 22.2 Å². The molecule has 3 rings (SSSR count). The van der Waals surface area contributed by atoms with Gasteiger partial charge in [-0.25, -0.2) is 4.98 Å². The van der Waals surface area contributed by atoms with Crippen molar-refractivity contribution >= 4 is 10.8 Å². The number of hydrogen-bond acceptors (Lipinski definition) is 3. The zero-order valence-corrected chi connectivity index (χ0v) is 9.38. The molecule has 3 aromatic rings. The van der Waals surface area contributed by atoms with Gasteiger partial charge >= 0.3 is 5.95 Å². The van der Waals surface area contributed by atoms with Gasteiger partial charge in [0.05, 0.1) is 7.11 Å². The summed E-state index contributed by atoms with van der Waals surface area (Å²) in [6.45, 7) is 0. The molecule has 0 saturated carbocycles. The van der Waals surface area contributed by atoms with Gasteiger partial charge in [0.1, 0.15) is 6.20 Å². The lowest BCUT2D eigenvalue weighted by molar-refractivity contribution is 0.309. The zero-order chi connectivity index (χ0) is 11.7. The first kappa shape index (κ1) is 9.90. The Morgan fingerprint density at radius 2 is 1.88 bits per heavy atom. The first-order valence-electron chi connectivity index (χ1n) is 5.36. The Hall–Kier alpha value is -2.29. The average Bonchev–Trinajstić information content (AvgIpc) is 2.87. The van der Waals surface area contributed by atoms with Crippen LogP contribution in [0.1, 0.15) is 0 Å². The number of ether oxygens (including phenoxy) is 1. The molecule has 17 heavy (non-hydrogen) atoms. The van der Waals surface area contributed by atoms with Gasteiger partial charge in [0.15, 0.2) is 0 Å². The largest absolute Gasteiger partial charge is 0.467 e. The molecular weight excluding hydrogens is 214 g/mol. The molecule has 0 fully saturated rings. The smallest absolute Gasteiger partial charge is 0.305 e. The minimum atomic E-state index is 0.424. The number of fused-ring (bicyclic) bond motifs is 1. The highest BCUT2D eigenvalue weighted by atomic mass is 16.6. The summed E-state index contributed by atoms with van der Waals surface area (Å²) < 4.78 is 10.5. The molecule has 2 aromatic carbocycles. The zero-order valence-electron chi connectivity index (χ0n) is 9.38. The van der Waals surface area contributed by atoms with Gasteiger partial charge in [0, 0.05) is 5.56 Å². The highest BCUT2D eigenvalue weighted by Gasteiger charge is 2.09. The lowest BCUT2D eigenvalue weighted by Gasteiger charge is -2.02. The van der Waals surface area contributed by atoms with Crippen LogP contribution in [0.15, 0.2) is 53.1 Å². The van der Waals surface area contributed by atoms with Crippen LogP contribution >= 0.6 is 0 Å². The Balaban J connectivity index is 2.23. The molecule has 0 spiro atoms. The molecule has 84 valence electrons. The number of methoxy groups -OCH3 is 1. The van der Waals surface area contributed by atoms with Crippen LogP contribution < -0.4 is 4.74 Å². The number of benzene rings is 2. The molecule has 0 unspecified atom stereocenters. The predicted octanol–water partition coefficient (Wildman–Crippen LogP) is 3.50. The lowest BCUT2D eigenvalue weighted by atomic mass is 10.0. The molecule has 3 nitrogen and oxygen atoms in total. The van der Waals surface area contributed by atoms with Crippen molar-refractivity contribution in [2.45, 2.75) is 0 Å². The second kappa shape index (κ2) is 3.94. The third kappa shape index (κ3) is 1.65. The Morgan fingerprint density at radius 1 is 1.06 bits per heavy atom. The van der Waals surface area contributed by atoms with E-state index in [2.05, 4.69) is 23.2 Å². The molecule has 0 bridgehead atoms. The number of aromatic nitrogens is 1. The van der Waals surface area contributed by atoms with Crippen LogP contribution in [-0.2, 0) is 0 Å². The monoisotopic (exact) mass is 225 g/mol. The molecule has 0 aliphatic heterocycles. The summed E-state index contributed by atoms with van der Waals surface area (Å²) in [5, 5.41) is 2.29. The van der Waals surface area contributed by atoms with E-state index in [0.29, 0.717) is 11.8 Å². The summed E-state index contributed by atoms with van der Waals surface area (Å²) in [6, 6.07) is 14.2. The Morgan fingerprint density at radius 3 is 2.71 bits per heavy atom. The van der Waals surface area contributed by atoms with E-state index in [0.717, 1.165) is 10.9 Å². The maximum Gasteiger partial charge on any atom is 0.305 e. The van der Waals surface area contributed by atoms with Crippen molar-refractivity contribution in [3.8, 4) is 17.4 Å². The highest BCUT2D eigenvalue weighted by molar-refractivity contribution is 5.94. The van der Waals surface area contributed by atoms with Crippen LogP contribution in [0.4, 0.5) is 0 Å². The summed E-state index contributed by atoms with van der Waals surface area (Å²) >= 11 is 0. The Labute approximate surface area is 98.7 Å². The van der Waals surface area contributed by atoms with Gasteiger partial charge in [-0.2, -0.15) is 0 Å². The molecule has 1 aromatic heterocycles. The first-order chi connectivity index (χ1) is 8.38. The van der Waals surface area contributed by atoms with E-state index in [1.165, 1.54) is 5.39 Å². The SMILES string of the molecule is COc1cnc(-c2cccc3ccccc23)o1. The van der Waals surface area contributed by atoms with E-state index in [-0.39, 0.29) is 0 Å². The first-order valence-corrected chi connectivity index (χ1v) is 5.36. The minimum absolute atomic E-state index is 0.424. The van der Waals surface area contributed by atoms with E-state index in [4.69, 9.17) is 9.15 Å². The molecule has 0 amide bonds. The van der Waals surface area contributed by atoms with Crippen molar-refractivity contribution < 1.29 is 9.15 Å². The third-order valence-corrected chi connectivity index (χ3v) is 2.71. The van der Waals surface area contributed by atoms with Crippen molar-refractivity contribution in [3.05, 3.63) is 48.7 Å². The Bertz CT molecular complexity index is 653. The molecule has 0 aliphatic carbocycles. The van der Waals surface area contributed by atoms with Crippen molar-refractivity contribution in [1.29, 1.82) is 0 Å². The summed E-state index contributed by atoms with van der Waals surface area (Å²) in [5.41, 5.74) is 0.978. The maximum atomic E-state index is 5.49. The third-order valence-electron chi connectivity index (χ3n) is 2.71. The minimum Gasteiger partial charge on any atom is -0.467 e. The van der Waals surface area contributed by atoms with Gasteiger partial charge in [-0.15, -0.1) is 0 Å². The number of hydrogen-bond donors (Lipinski definition) is 0. The molecule has 0 atom stereocenters. The fourth-order valence-electron chi connectivity index (χ4n) is 1.89. The van der Waals surface area contributed by atoms with E-state index in [1.54, 1.807) is 13.3 Å². The molecule has 3 heteroatoms. The van der Waals surface area contributed by atoms with Crippen LogP contribution in [0, 0.1) is 0 Å². The standard InChI is InChI=1S/C14H11NO2/c1-16-13-9-15-14(17-13)12-8-4-6-10-5-2-3-7-11(10)12/h2-9H,1H3. The molecule has 0 saturated heterocycles. The van der Waals surface area contributed by atoms with Crippen LogP contribution in [0.5, 0.6) is 5.95 Å². The van der Waals surface area contributed by atoms with Crippen LogP contribution in [-0.4, -0.2) is 12.1 Å². The lowest BCUT2D eigenvalue weighted by Crippen LogP contribution is -1.80. The normalized spacial score (nSPS) is 10.6. The van der Waals surface area contributed by atoms with E-state index < -0.39 is 0 Å². The second-order valence-electron chi connectivity index (χ2n) is 3.72. The van der Waals surface area contributed by atoms with Crippen LogP contribution in [0.2, 0.25) is 0 Å². The van der Waals surface area contributed by atoms with E-state index in [1.807, 2.05) is 24.3 Å². The fourth-order valence-corrected chi connectivity index (χ4v) is 1.89. The maximum absolute atomic E-state index is 5.49. The summed E-state index contributed by atoms with van der Waals surface area (Å²) in [7, 11) is 1.56. The quantitative estimate of drug-likeness (QED) is 0.669. The highest BCUT2D eigenvalue weighted by Crippen LogP contribution is 2.29. The fraction of sp³-hybridized carbons (Fsp3) is 0.0714. The molecule has 1 heterocycles. The molecule has 0 radical (unpaired) electrons. The Kier molecular flexibility index (Phi) is 2.29. The summed E-state index contributed by atoms with van der Waals surface area (Å²) in [5.74, 6) is 1.01. The molecular formula is C14H11NO2. The summed E-state index contributed by atoms with van der Waals surface area (Å²) in [6.07, 6.45) is 1.58. The molecule has 0 N–H and O–H groups in total. The second-order valence-corrected chi connectivity index (χ2v) is 3.72. The predicted molar refractivity (Wildman–Crippen MR) is 66.0 cm³/mol. The van der Waals surface area contributed by atoms with Crippen molar-refractivity contribution in [2.24, 2.45) is 0 Å². The van der Waals surface area contributed by atoms with Gasteiger partial charge in [0.2, 0.25) is 5.89 Å².